The van der Waals surface area contributed by atoms with Crippen LogP contribution in [0.25, 0.3) is 11.3 Å². The summed E-state index contributed by atoms with van der Waals surface area (Å²) in [6.45, 7) is 1.77. The summed E-state index contributed by atoms with van der Waals surface area (Å²) in [7, 11) is 3.15. The van der Waals surface area contributed by atoms with E-state index < -0.39 is 4.92 Å². The van der Waals surface area contributed by atoms with Gasteiger partial charge in [0.1, 0.15) is 0 Å². The van der Waals surface area contributed by atoms with Gasteiger partial charge < -0.3 is 4.74 Å². The fraction of sp³-hybridized carbons (Fsp3) is 0.273. The van der Waals surface area contributed by atoms with Gasteiger partial charge in [0.05, 0.1) is 23.9 Å². The topological polar surface area (TPSA) is 83.1 Å². The highest BCUT2D eigenvalue weighted by Crippen LogP contribution is 2.31. The van der Waals surface area contributed by atoms with Gasteiger partial charge in [-0.05, 0) is 12.5 Å². The van der Waals surface area contributed by atoms with E-state index in [1.54, 1.807) is 31.0 Å². The number of aryl methyl sites for hydroxylation is 2. The van der Waals surface area contributed by atoms with E-state index in [1.165, 1.54) is 13.2 Å². The Kier molecular flexibility index (Phi) is 2.97. The summed E-state index contributed by atoms with van der Waals surface area (Å²) in [5, 5.41) is 14.9. The van der Waals surface area contributed by atoms with Crippen LogP contribution in [0.4, 0.5) is 5.69 Å². The smallest absolute Gasteiger partial charge is 0.331 e. The highest BCUT2D eigenvalue weighted by molar-refractivity contribution is 5.65. The first-order valence-corrected chi connectivity index (χ1v) is 5.22. The third kappa shape index (κ3) is 2.02. The van der Waals surface area contributed by atoms with Crippen molar-refractivity contribution in [2.45, 2.75) is 6.92 Å². The predicted molar refractivity (Wildman–Crippen MR) is 64.4 cm³/mol. The number of rotatable bonds is 3. The Morgan fingerprint density at radius 1 is 1.50 bits per heavy atom. The summed E-state index contributed by atoms with van der Waals surface area (Å²) in [6, 6.07) is 1.45. The predicted octanol–water partition coefficient (Wildman–Crippen LogP) is 1.71. The molecular formula is C11H12N4O3. The van der Waals surface area contributed by atoms with Crippen LogP contribution in [0.5, 0.6) is 5.88 Å². The summed E-state index contributed by atoms with van der Waals surface area (Å²) in [6.07, 6.45) is 3.45. The Bertz CT molecular complexity index is 606. The molecule has 7 nitrogen and oxygen atoms in total. The lowest BCUT2D eigenvalue weighted by atomic mass is 10.1. The molecule has 94 valence electrons. The molecule has 0 aliphatic heterocycles. The van der Waals surface area contributed by atoms with Crippen molar-refractivity contribution in [2.24, 2.45) is 7.05 Å². The average Bonchev–Trinajstić information content (AvgIpc) is 2.75. The molecule has 0 spiro atoms. The summed E-state index contributed by atoms with van der Waals surface area (Å²) in [4.78, 5) is 14.5. The Morgan fingerprint density at radius 3 is 2.72 bits per heavy atom. The number of ether oxygens (including phenoxy) is 1. The molecule has 2 rings (SSSR count). The van der Waals surface area contributed by atoms with E-state index in [4.69, 9.17) is 4.74 Å². The SMILES string of the molecule is COc1nc(-c2cnn(C)c2)c(C)cc1[N+](=O)[O-]. The maximum absolute atomic E-state index is 10.9. The van der Waals surface area contributed by atoms with Crippen LogP contribution >= 0.6 is 0 Å². The Morgan fingerprint density at radius 2 is 2.22 bits per heavy atom. The van der Waals surface area contributed by atoms with Crippen molar-refractivity contribution in [2.75, 3.05) is 7.11 Å². The Labute approximate surface area is 103 Å². The molecule has 7 heteroatoms. The maximum atomic E-state index is 10.9. The molecule has 0 radical (unpaired) electrons. The monoisotopic (exact) mass is 248 g/mol. The summed E-state index contributed by atoms with van der Waals surface area (Å²) in [5.41, 5.74) is 1.99. The van der Waals surface area contributed by atoms with Gasteiger partial charge in [0.2, 0.25) is 0 Å². The van der Waals surface area contributed by atoms with E-state index in [0.29, 0.717) is 11.3 Å². The summed E-state index contributed by atoms with van der Waals surface area (Å²) >= 11 is 0. The third-order valence-electron chi connectivity index (χ3n) is 2.53. The molecule has 0 aliphatic rings. The second-order valence-corrected chi connectivity index (χ2v) is 3.84. The molecule has 2 aromatic heterocycles. The van der Waals surface area contributed by atoms with E-state index >= 15 is 0 Å². The van der Waals surface area contributed by atoms with Crippen molar-refractivity contribution >= 4 is 5.69 Å². The minimum atomic E-state index is -0.508. The molecule has 0 N–H and O–H groups in total. The molecule has 0 unspecified atom stereocenters. The first kappa shape index (κ1) is 12.0. The highest BCUT2D eigenvalue weighted by Gasteiger charge is 2.20. The Hall–Kier alpha value is -2.44. The van der Waals surface area contributed by atoms with Crippen molar-refractivity contribution in [3.05, 3.63) is 34.1 Å². The standard InChI is InChI=1S/C11H12N4O3/c1-7-4-9(15(16)17)11(18-3)13-10(7)8-5-12-14(2)6-8/h4-6H,1-3H3. The van der Waals surface area contributed by atoms with Gasteiger partial charge in [-0.25, -0.2) is 4.98 Å². The molecule has 2 aromatic rings. The van der Waals surface area contributed by atoms with Gasteiger partial charge in [-0.15, -0.1) is 0 Å². The zero-order valence-electron chi connectivity index (χ0n) is 10.2. The fourth-order valence-corrected chi connectivity index (χ4v) is 1.70. The molecule has 0 amide bonds. The molecule has 0 saturated carbocycles. The number of nitro groups is 1. The van der Waals surface area contributed by atoms with Crippen molar-refractivity contribution in [1.82, 2.24) is 14.8 Å². The van der Waals surface area contributed by atoms with Crippen molar-refractivity contribution in [1.29, 1.82) is 0 Å². The molecule has 2 heterocycles. The van der Waals surface area contributed by atoms with Crippen LogP contribution in [0.2, 0.25) is 0 Å². The minimum Gasteiger partial charge on any atom is -0.476 e. The van der Waals surface area contributed by atoms with Gasteiger partial charge in [-0.1, -0.05) is 0 Å². The molecule has 0 aliphatic carbocycles. The number of hydrogen-bond donors (Lipinski definition) is 0. The highest BCUT2D eigenvalue weighted by atomic mass is 16.6. The summed E-state index contributed by atoms with van der Waals surface area (Å²) in [5.74, 6) is 0.00412. The second kappa shape index (κ2) is 4.44. The van der Waals surface area contributed by atoms with E-state index in [2.05, 4.69) is 10.1 Å². The van der Waals surface area contributed by atoms with Crippen molar-refractivity contribution < 1.29 is 9.66 Å². The zero-order chi connectivity index (χ0) is 13.3. The van der Waals surface area contributed by atoms with Gasteiger partial charge in [-0.2, -0.15) is 5.10 Å². The van der Waals surface area contributed by atoms with Crippen LogP contribution < -0.4 is 4.74 Å². The largest absolute Gasteiger partial charge is 0.476 e. The molecular weight excluding hydrogens is 236 g/mol. The first-order valence-electron chi connectivity index (χ1n) is 5.22. The third-order valence-corrected chi connectivity index (χ3v) is 2.53. The van der Waals surface area contributed by atoms with Crippen LogP contribution in [-0.2, 0) is 7.05 Å². The first-order chi connectivity index (χ1) is 8.52. The number of nitrogens with zero attached hydrogens (tertiary/aromatic N) is 4. The minimum absolute atomic E-state index is 0.00412. The quantitative estimate of drug-likeness (QED) is 0.609. The van der Waals surface area contributed by atoms with Crippen molar-refractivity contribution in [3.63, 3.8) is 0 Å². The fourth-order valence-electron chi connectivity index (χ4n) is 1.70. The van der Waals surface area contributed by atoms with E-state index in [0.717, 1.165) is 5.56 Å². The molecule has 0 bridgehead atoms. The average molecular weight is 248 g/mol. The van der Waals surface area contributed by atoms with Crippen molar-refractivity contribution in [3.8, 4) is 17.1 Å². The van der Waals surface area contributed by atoms with Gasteiger partial charge in [0.15, 0.2) is 0 Å². The lowest BCUT2D eigenvalue weighted by Gasteiger charge is -2.06. The molecule has 0 saturated heterocycles. The van der Waals surface area contributed by atoms with E-state index in [1.807, 2.05) is 0 Å². The molecule has 0 atom stereocenters. The molecule has 18 heavy (non-hydrogen) atoms. The number of pyridine rings is 1. The number of hydrogen-bond acceptors (Lipinski definition) is 5. The molecule has 0 aromatic carbocycles. The van der Waals surface area contributed by atoms with Crippen LogP contribution in [0.1, 0.15) is 5.56 Å². The Balaban J connectivity index is 2.60. The van der Waals surface area contributed by atoms with Gasteiger partial charge >= 0.3 is 5.69 Å². The van der Waals surface area contributed by atoms with Crippen LogP contribution in [0.3, 0.4) is 0 Å². The molecule has 0 fully saturated rings. The lowest BCUT2D eigenvalue weighted by Crippen LogP contribution is -1.99. The summed E-state index contributed by atoms with van der Waals surface area (Å²) < 4.78 is 6.59. The van der Waals surface area contributed by atoms with Crippen LogP contribution in [0, 0.1) is 17.0 Å². The van der Waals surface area contributed by atoms with Crippen LogP contribution in [-0.4, -0.2) is 26.8 Å². The van der Waals surface area contributed by atoms with Gasteiger partial charge in [-0.3, -0.25) is 14.8 Å². The van der Waals surface area contributed by atoms with Gasteiger partial charge in [0, 0.05) is 24.9 Å². The maximum Gasteiger partial charge on any atom is 0.331 e. The van der Waals surface area contributed by atoms with E-state index in [9.17, 15) is 10.1 Å². The second-order valence-electron chi connectivity index (χ2n) is 3.84. The van der Waals surface area contributed by atoms with E-state index in [-0.39, 0.29) is 11.6 Å². The van der Waals surface area contributed by atoms with Crippen LogP contribution in [0.15, 0.2) is 18.5 Å². The van der Waals surface area contributed by atoms with Gasteiger partial charge in [0.25, 0.3) is 5.88 Å². The normalized spacial score (nSPS) is 10.4. The zero-order valence-corrected chi connectivity index (χ0v) is 10.2. The number of methoxy groups -OCH3 is 1. The number of aromatic nitrogens is 3. The lowest BCUT2D eigenvalue weighted by molar-refractivity contribution is -0.386.